The van der Waals surface area contributed by atoms with Gasteiger partial charge in [0.2, 0.25) is 0 Å². The van der Waals surface area contributed by atoms with E-state index in [1.165, 1.54) is 0 Å². The monoisotopic (exact) mass is 236 g/mol. The van der Waals surface area contributed by atoms with Gasteiger partial charge in [-0.3, -0.25) is 0 Å². The van der Waals surface area contributed by atoms with Crippen LogP contribution in [0.5, 0.6) is 0 Å². The van der Waals surface area contributed by atoms with Crippen LogP contribution in [-0.2, 0) is 4.74 Å². The molecule has 2 unspecified atom stereocenters. The lowest BCUT2D eigenvalue weighted by Gasteiger charge is -2.39. The van der Waals surface area contributed by atoms with Gasteiger partial charge in [-0.05, 0) is 34.6 Å². The van der Waals surface area contributed by atoms with Gasteiger partial charge in [-0.1, -0.05) is 11.2 Å². The Morgan fingerprint density at radius 1 is 1.43 bits per heavy atom. The van der Waals surface area contributed by atoms with Crippen molar-refractivity contribution in [3.05, 3.63) is 0 Å². The van der Waals surface area contributed by atoms with Gasteiger partial charge >= 0.3 is 0 Å². The molecule has 0 N–H and O–H groups in total. The molecule has 0 amide bonds. The van der Waals surface area contributed by atoms with Crippen molar-refractivity contribution in [2.75, 3.05) is 0 Å². The summed E-state index contributed by atoms with van der Waals surface area (Å²) in [6, 6.07) is 2.35. The van der Waals surface area contributed by atoms with E-state index in [0.29, 0.717) is 6.04 Å². The molecular weight excluding hydrogens is 219 g/mol. The molecule has 0 bridgehead atoms. The third-order valence-electron chi connectivity index (χ3n) is 1.83. The summed E-state index contributed by atoms with van der Waals surface area (Å²) in [5.41, 5.74) is -0.497. The first kappa shape index (κ1) is 14.1. The second-order valence-electron chi connectivity index (χ2n) is 3.88. The molecular formula is C9H18ClN2OP. The summed E-state index contributed by atoms with van der Waals surface area (Å²) >= 11 is 5.86. The van der Waals surface area contributed by atoms with E-state index in [1.807, 2.05) is 18.5 Å². The summed E-state index contributed by atoms with van der Waals surface area (Å²) in [5, 5.41) is 8.67. The molecule has 0 aromatic carbocycles. The van der Waals surface area contributed by atoms with Crippen LogP contribution in [0.25, 0.3) is 0 Å². The molecule has 0 aliphatic carbocycles. The predicted octanol–water partition coefficient (Wildman–Crippen LogP) is 3.11. The highest BCUT2D eigenvalue weighted by molar-refractivity contribution is 7.66. The average molecular weight is 237 g/mol. The first-order valence-corrected chi connectivity index (χ1v) is 6.54. The van der Waals surface area contributed by atoms with E-state index in [0.717, 1.165) is 0 Å². The summed E-state index contributed by atoms with van der Waals surface area (Å²) in [5.74, 6) is 0. The average Bonchev–Trinajstić information content (AvgIpc) is 2.02. The van der Waals surface area contributed by atoms with Gasteiger partial charge in [0, 0.05) is 6.04 Å². The largest absolute Gasteiger partial charge is 0.343 e. The summed E-state index contributed by atoms with van der Waals surface area (Å²) in [6.07, 6.45) is -0.417. The second-order valence-corrected chi connectivity index (χ2v) is 5.04. The van der Waals surface area contributed by atoms with Crippen molar-refractivity contribution in [3.63, 3.8) is 0 Å². The molecule has 14 heavy (non-hydrogen) atoms. The molecule has 82 valence electrons. The zero-order chi connectivity index (χ0) is 11.4. The van der Waals surface area contributed by atoms with Gasteiger partial charge in [0.25, 0.3) is 0 Å². The highest BCUT2D eigenvalue weighted by Crippen LogP contribution is 2.35. The molecule has 2 atom stereocenters. The topological polar surface area (TPSA) is 36.3 Å². The van der Waals surface area contributed by atoms with Crippen LogP contribution in [0.3, 0.4) is 0 Å². The van der Waals surface area contributed by atoms with Crippen molar-refractivity contribution in [2.45, 2.75) is 52.5 Å². The lowest BCUT2D eigenvalue weighted by Crippen LogP contribution is -2.45. The molecule has 0 spiro atoms. The Morgan fingerprint density at radius 2 is 1.93 bits per heavy atom. The van der Waals surface area contributed by atoms with E-state index in [9.17, 15) is 0 Å². The molecule has 0 aliphatic heterocycles. The quantitative estimate of drug-likeness (QED) is 0.544. The zero-order valence-corrected chi connectivity index (χ0v) is 11.1. The summed E-state index contributed by atoms with van der Waals surface area (Å²) in [6.45, 7) is 9.69. The van der Waals surface area contributed by atoms with Crippen molar-refractivity contribution in [1.29, 1.82) is 5.26 Å². The fourth-order valence-corrected chi connectivity index (χ4v) is 2.98. The first-order chi connectivity index (χ1) is 6.35. The Morgan fingerprint density at radius 3 is 2.21 bits per heavy atom. The lowest BCUT2D eigenvalue weighted by atomic mass is 10.2. The normalized spacial score (nSPS) is 15.4. The number of ether oxygens (including phenoxy) is 1. The molecule has 0 aromatic heterocycles. The molecule has 3 nitrogen and oxygen atoms in total. The smallest absolute Gasteiger partial charge is 0.143 e. The maximum absolute atomic E-state index is 8.67. The highest BCUT2D eigenvalue weighted by atomic mass is 35.7. The maximum atomic E-state index is 8.67. The Balaban J connectivity index is 4.50. The van der Waals surface area contributed by atoms with Crippen LogP contribution < -0.4 is 0 Å². The van der Waals surface area contributed by atoms with Gasteiger partial charge in [-0.25, -0.2) is 4.67 Å². The Hall–Kier alpha value is 0.130. The molecule has 5 heteroatoms. The van der Waals surface area contributed by atoms with E-state index >= 15 is 0 Å². The highest BCUT2D eigenvalue weighted by Gasteiger charge is 2.31. The molecule has 0 aliphatic rings. The van der Waals surface area contributed by atoms with Crippen LogP contribution in [-0.4, -0.2) is 22.5 Å². The molecule has 0 aromatic rings. The van der Waals surface area contributed by atoms with E-state index in [2.05, 4.69) is 19.9 Å². The van der Waals surface area contributed by atoms with Gasteiger partial charge in [-0.15, -0.1) is 0 Å². The van der Waals surface area contributed by atoms with Crippen LogP contribution in [0, 0.1) is 11.3 Å². The third-order valence-corrected chi connectivity index (χ3v) is 3.62. The van der Waals surface area contributed by atoms with Crippen molar-refractivity contribution in [2.24, 2.45) is 0 Å². The third kappa shape index (κ3) is 4.11. The summed E-state index contributed by atoms with van der Waals surface area (Å²) in [4.78, 5) is 0. The van der Waals surface area contributed by atoms with Crippen molar-refractivity contribution >= 4 is 19.3 Å². The number of halogens is 1. The molecule has 0 fully saturated rings. The van der Waals surface area contributed by atoms with E-state index in [4.69, 9.17) is 21.2 Å². The van der Waals surface area contributed by atoms with E-state index < -0.39 is 11.8 Å². The van der Waals surface area contributed by atoms with Gasteiger partial charge < -0.3 is 4.74 Å². The van der Waals surface area contributed by atoms with Crippen LogP contribution in [0.15, 0.2) is 0 Å². The summed E-state index contributed by atoms with van der Waals surface area (Å²) in [7, 11) is 0.153. The van der Waals surface area contributed by atoms with Crippen LogP contribution >= 0.6 is 19.3 Å². The minimum Gasteiger partial charge on any atom is -0.343 e. The standard InChI is InChI=1S/C9H18ClN2OP/c1-7(2)12(14-10)9(4,5)13-8(3)6-11/h7-8,14H,1-5H3. The zero-order valence-electron chi connectivity index (χ0n) is 9.34. The number of nitriles is 1. The van der Waals surface area contributed by atoms with E-state index in [-0.39, 0.29) is 8.08 Å². The SMILES string of the molecule is CC(C#N)OC(C)(C)N(PCl)C(C)C. The minimum absolute atomic E-state index is 0.153. The first-order valence-electron chi connectivity index (χ1n) is 4.58. The van der Waals surface area contributed by atoms with E-state index in [1.54, 1.807) is 6.92 Å². The molecule has 0 radical (unpaired) electrons. The van der Waals surface area contributed by atoms with Crippen molar-refractivity contribution in [3.8, 4) is 6.07 Å². The van der Waals surface area contributed by atoms with Crippen molar-refractivity contribution in [1.82, 2.24) is 4.67 Å². The van der Waals surface area contributed by atoms with Crippen LogP contribution in [0.2, 0.25) is 0 Å². The Bertz CT molecular complexity index is 215. The number of hydrogen-bond acceptors (Lipinski definition) is 3. The fourth-order valence-electron chi connectivity index (χ4n) is 1.34. The second kappa shape index (κ2) is 5.88. The van der Waals surface area contributed by atoms with Gasteiger partial charge in [0.15, 0.2) is 0 Å². The van der Waals surface area contributed by atoms with Crippen LogP contribution in [0.4, 0.5) is 0 Å². The molecule has 0 rings (SSSR count). The fraction of sp³-hybridized carbons (Fsp3) is 0.889. The molecule has 0 saturated carbocycles. The maximum Gasteiger partial charge on any atom is 0.143 e. The predicted molar refractivity (Wildman–Crippen MR) is 61.4 cm³/mol. The van der Waals surface area contributed by atoms with Gasteiger partial charge in [0.1, 0.15) is 11.8 Å². The number of hydrogen-bond donors (Lipinski definition) is 0. The summed E-state index contributed by atoms with van der Waals surface area (Å²) < 4.78 is 7.60. The Kier molecular flexibility index (Phi) is 5.93. The molecule has 0 heterocycles. The lowest BCUT2D eigenvalue weighted by molar-refractivity contribution is -0.116. The molecule has 0 saturated heterocycles. The van der Waals surface area contributed by atoms with Gasteiger partial charge in [-0.2, -0.15) is 5.26 Å². The Labute approximate surface area is 93.0 Å². The number of rotatable bonds is 5. The van der Waals surface area contributed by atoms with Crippen LogP contribution in [0.1, 0.15) is 34.6 Å². The minimum atomic E-state index is -0.497. The van der Waals surface area contributed by atoms with Gasteiger partial charge in [0.05, 0.1) is 14.2 Å². The number of nitrogens with zero attached hydrogens (tertiary/aromatic N) is 2. The van der Waals surface area contributed by atoms with Crippen molar-refractivity contribution < 1.29 is 4.74 Å².